The number of ketones is 1. The molecule has 1 aliphatic heterocycles. The predicted octanol–water partition coefficient (Wildman–Crippen LogP) is 7.23. The van der Waals surface area contributed by atoms with Gasteiger partial charge in [0.05, 0.1) is 36.6 Å². The molecule has 4 aromatic carbocycles. The molecule has 0 radical (unpaired) electrons. The van der Waals surface area contributed by atoms with Gasteiger partial charge < -0.3 is 14.8 Å². The first-order chi connectivity index (χ1) is 21.9. The number of hydrogen-bond acceptors (Lipinski definition) is 7. The molecule has 4 aromatic rings. The third-order valence-electron chi connectivity index (χ3n) is 8.22. The van der Waals surface area contributed by atoms with Gasteiger partial charge in [-0.15, -0.1) is 0 Å². The summed E-state index contributed by atoms with van der Waals surface area (Å²) in [6.07, 6.45) is 3.85. The fourth-order valence-corrected chi connectivity index (χ4v) is 6.11. The predicted molar refractivity (Wildman–Crippen MR) is 172 cm³/mol. The Bertz CT molecular complexity index is 1850. The van der Waals surface area contributed by atoms with Gasteiger partial charge in [0.25, 0.3) is 11.6 Å². The standard InChI is InChI=1S/C36H31N3O6/c1-44-32-17-16-24(22-33(32)45-2)26-20-29-35(31(40)21-26)36(25-11-8-12-27(19-25)39(42)43)38(30-14-7-6-13-28(30)37-29)34(41)18-15-23-9-4-3-5-10-23/h3-19,22,26,36-37H,20-21H2,1-2H3. The number of rotatable bonds is 7. The van der Waals surface area contributed by atoms with Crippen LogP contribution in [0.1, 0.15) is 41.5 Å². The minimum atomic E-state index is -0.914. The number of para-hydroxylation sites is 2. The summed E-state index contributed by atoms with van der Waals surface area (Å²) in [5.41, 5.74) is 4.38. The smallest absolute Gasteiger partial charge is 0.269 e. The van der Waals surface area contributed by atoms with Crippen LogP contribution in [0.15, 0.2) is 114 Å². The molecule has 2 unspecified atom stereocenters. The summed E-state index contributed by atoms with van der Waals surface area (Å²) in [7, 11) is 3.14. The van der Waals surface area contributed by atoms with E-state index in [1.165, 1.54) is 18.2 Å². The molecule has 1 amide bonds. The molecule has 9 heteroatoms. The van der Waals surface area contributed by atoms with Gasteiger partial charge in [-0.1, -0.05) is 60.7 Å². The maximum Gasteiger partial charge on any atom is 0.269 e. The van der Waals surface area contributed by atoms with Crippen molar-refractivity contribution in [1.82, 2.24) is 0 Å². The first kappa shape index (κ1) is 29.4. The Kier molecular flexibility index (Phi) is 8.16. The van der Waals surface area contributed by atoms with E-state index in [0.29, 0.717) is 46.1 Å². The number of carbonyl (C=O) groups is 2. The summed E-state index contributed by atoms with van der Waals surface area (Å²) < 4.78 is 10.9. The summed E-state index contributed by atoms with van der Waals surface area (Å²) in [6.45, 7) is 0. The van der Waals surface area contributed by atoms with Crippen molar-refractivity contribution in [2.45, 2.75) is 24.8 Å². The fraction of sp³-hybridized carbons (Fsp3) is 0.167. The van der Waals surface area contributed by atoms with E-state index in [2.05, 4.69) is 5.32 Å². The average molecular weight is 602 g/mol. The van der Waals surface area contributed by atoms with E-state index in [1.54, 1.807) is 37.3 Å². The number of nitrogens with zero attached hydrogens (tertiary/aromatic N) is 2. The van der Waals surface area contributed by atoms with Crippen LogP contribution in [0.2, 0.25) is 0 Å². The van der Waals surface area contributed by atoms with E-state index >= 15 is 0 Å². The van der Waals surface area contributed by atoms with Gasteiger partial charge in [-0.05, 0) is 59.4 Å². The topological polar surface area (TPSA) is 111 Å². The fourth-order valence-electron chi connectivity index (χ4n) is 6.11. The van der Waals surface area contributed by atoms with Crippen LogP contribution in [0.25, 0.3) is 6.08 Å². The van der Waals surface area contributed by atoms with Crippen LogP contribution in [0, 0.1) is 10.1 Å². The highest BCUT2D eigenvalue weighted by molar-refractivity contribution is 6.10. The number of ether oxygens (including phenoxy) is 2. The number of nitrogens with one attached hydrogen (secondary N) is 1. The molecular formula is C36H31N3O6. The summed E-state index contributed by atoms with van der Waals surface area (Å²) in [5.74, 6) is 0.457. The Morgan fingerprint density at radius 3 is 2.40 bits per heavy atom. The van der Waals surface area contributed by atoms with Crippen molar-refractivity contribution in [1.29, 1.82) is 0 Å². The molecule has 0 spiro atoms. The van der Waals surface area contributed by atoms with Crippen molar-refractivity contribution in [3.8, 4) is 11.5 Å². The molecular weight excluding hydrogens is 570 g/mol. The quantitative estimate of drug-likeness (QED) is 0.135. The number of nitro groups is 1. The first-order valence-corrected chi connectivity index (χ1v) is 14.5. The largest absolute Gasteiger partial charge is 0.493 e. The molecule has 0 bridgehead atoms. The number of nitro benzene ring substituents is 1. The minimum absolute atomic E-state index is 0.126. The number of non-ortho nitro benzene ring substituents is 1. The van der Waals surface area contributed by atoms with Gasteiger partial charge in [0, 0.05) is 35.9 Å². The molecule has 1 N–H and O–H groups in total. The molecule has 9 nitrogen and oxygen atoms in total. The SMILES string of the molecule is COc1ccc(C2CC(=O)C3=C(C2)Nc2ccccc2N(C(=O)C=Cc2ccccc2)C3c2cccc([N+](=O)[O-])c2)cc1OC. The van der Waals surface area contributed by atoms with Gasteiger partial charge in [0.1, 0.15) is 0 Å². The Balaban J connectivity index is 1.51. The first-order valence-electron chi connectivity index (χ1n) is 14.5. The van der Waals surface area contributed by atoms with Crippen molar-refractivity contribution in [3.05, 3.63) is 141 Å². The second-order valence-corrected chi connectivity index (χ2v) is 10.9. The van der Waals surface area contributed by atoms with Gasteiger partial charge in [-0.3, -0.25) is 24.6 Å². The number of carbonyl (C=O) groups excluding carboxylic acids is 2. The summed E-state index contributed by atoms with van der Waals surface area (Å²) in [5, 5.41) is 15.3. The highest BCUT2D eigenvalue weighted by atomic mass is 16.6. The highest BCUT2D eigenvalue weighted by Crippen LogP contribution is 2.48. The maximum absolute atomic E-state index is 14.3. The molecule has 1 heterocycles. The van der Waals surface area contributed by atoms with E-state index in [9.17, 15) is 19.7 Å². The van der Waals surface area contributed by atoms with Crippen molar-refractivity contribution < 1.29 is 24.0 Å². The van der Waals surface area contributed by atoms with E-state index in [4.69, 9.17) is 9.47 Å². The lowest BCUT2D eigenvalue weighted by molar-refractivity contribution is -0.384. The molecule has 2 atom stereocenters. The lowest BCUT2D eigenvalue weighted by Gasteiger charge is -2.34. The van der Waals surface area contributed by atoms with Crippen LogP contribution in [0.5, 0.6) is 11.5 Å². The Labute approximate surface area is 260 Å². The number of fused-ring (bicyclic) bond motifs is 1. The number of benzene rings is 4. The molecule has 0 fully saturated rings. The molecule has 45 heavy (non-hydrogen) atoms. The van der Waals surface area contributed by atoms with E-state index < -0.39 is 11.0 Å². The van der Waals surface area contributed by atoms with Gasteiger partial charge >= 0.3 is 0 Å². The van der Waals surface area contributed by atoms with E-state index in [0.717, 1.165) is 11.1 Å². The third-order valence-corrected chi connectivity index (χ3v) is 8.22. The number of hydrogen-bond donors (Lipinski definition) is 1. The lowest BCUT2D eigenvalue weighted by atomic mass is 9.78. The summed E-state index contributed by atoms with van der Waals surface area (Å²) in [6, 6.07) is 27.7. The normalized spacial score (nSPS) is 17.6. The Morgan fingerprint density at radius 1 is 0.889 bits per heavy atom. The van der Waals surface area contributed by atoms with Gasteiger partial charge in [-0.25, -0.2) is 0 Å². The number of Topliss-reactive ketones (excluding diaryl/α,β-unsaturated/α-hetero) is 1. The van der Waals surface area contributed by atoms with Crippen LogP contribution >= 0.6 is 0 Å². The van der Waals surface area contributed by atoms with Crippen LogP contribution in [-0.4, -0.2) is 30.8 Å². The van der Waals surface area contributed by atoms with Crippen molar-refractivity contribution in [3.63, 3.8) is 0 Å². The van der Waals surface area contributed by atoms with Crippen molar-refractivity contribution in [2.75, 3.05) is 24.4 Å². The highest BCUT2D eigenvalue weighted by Gasteiger charge is 2.41. The third kappa shape index (κ3) is 5.80. The van der Waals surface area contributed by atoms with Gasteiger partial charge in [0.15, 0.2) is 17.3 Å². The summed E-state index contributed by atoms with van der Waals surface area (Å²) >= 11 is 0. The molecule has 6 rings (SSSR count). The lowest BCUT2D eigenvalue weighted by Crippen LogP contribution is -2.37. The van der Waals surface area contributed by atoms with Crippen LogP contribution in [-0.2, 0) is 9.59 Å². The van der Waals surface area contributed by atoms with Crippen LogP contribution < -0.4 is 19.7 Å². The van der Waals surface area contributed by atoms with Crippen LogP contribution in [0.4, 0.5) is 17.1 Å². The number of methoxy groups -OCH3 is 2. The minimum Gasteiger partial charge on any atom is -0.493 e. The number of amides is 1. The number of anilines is 2. The zero-order valence-corrected chi connectivity index (χ0v) is 24.8. The molecule has 1 aliphatic carbocycles. The zero-order valence-electron chi connectivity index (χ0n) is 24.8. The number of allylic oxidation sites excluding steroid dienone is 1. The van der Waals surface area contributed by atoms with Crippen LogP contribution in [0.3, 0.4) is 0 Å². The van der Waals surface area contributed by atoms with E-state index in [-0.39, 0.29) is 29.7 Å². The van der Waals surface area contributed by atoms with E-state index in [1.807, 2.05) is 72.8 Å². The average Bonchev–Trinajstić information content (AvgIpc) is 3.22. The second kappa shape index (κ2) is 12.5. The summed E-state index contributed by atoms with van der Waals surface area (Å²) in [4.78, 5) is 41.4. The molecule has 2 aliphatic rings. The zero-order chi connectivity index (χ0) is 31.5. The molecule has 0 saturated heterocycles. The molecule has 226 valence electrons. The van der Waals surface area contributed by atoms with Gasteiger partial charge in [-0.2, -0.15) is 0 Å². The monoisotopic (exact) mass is 601 g/mol. The Hall–Kier alpha value is -5.70. The van der Waals surface area contributed by atoms with Crippen molar-refractivity contribution >= 4 is 34.8 Å². The maximum atomic E-state index is 14.3. The van der Waals surface area contributed by atoms with Gasteiger partial charge in [0.2, 0.25) is 0 Å². The van der Waals surface area contributed by atoms with Crippen molar-refractivity contribution in [2.24, 2.45) is 0 Å². The second-order valence-electron chi connectivity index (χ2n) is 10.9. The Morgan fingerprint density at radius 2 is 1.64 bits per heavy atom. The molecule has 0 saturated carbocycles. The molecule has 0 aromatic heterocycles.